The molecular weight excluding hydrogens is 298 g/mol. The first kappa shape index (κ1) is 18.0. The summed E-state index contributed by atoms with van der Waals surface area (Å²) in [5.74, 6) is -0.239. The van der Waals surface area contributed by atoms with E-state index in [9.17, 15) is 4.79 Å². The van der Waals surface area contributed by atoms with E-state index in [0.717, 1.165) is 18.7 Å². The number of hydrogen-bond donors (Lipinski definition) is 0. The first-order valence-corrected chi connectivity index (χ1v) is 8.30. The molecular formula is C21H25NO2. The van der Waals surface area contributed by atoms with Gasteiger partial charge in [-0.05, 0) is 17.5 Å². The summed E-state index contributed by atoms with van der Waals surface area (Å²) in [5, 5.41) is 0. The van der Waals surface area contributed by atoms with E-state index < -0.39 is 0 Å². The highest BCUT2D eigenvalue weighted by atomic mass is 16.5. The Kier molecular flexibility index (Phi) is 7.24. The van der Waals surface area contributed by atoms with Gasteiger partial charge in [0, 0.05) is 25.2 Å². The molecule has 0 aliphatic heterocycles. The Balaban J connectivity index is 2.12. The van der Waals surface area contributed by atoms with Gasteiger partial charge in [-0.3, -0.25) is 4.90 Å². The second-order valence-electron chi connectivity index (χ2n) is 5.72. The average Bonchev–Trinajstić information content (AvgIpc) is 2.63. The molecule has 0 bridgehead atoms. The van der Waals surface area contributed by atoms with Gasteiger partial charge in [0.1, 0.15) is 0 Å². The van der Waals surface area contributed by atoms with Crippen molar-refractivity contribution >= 4 is 5.97 Å². The van der Waals surface area contributed by atoms with Gasteiger partial charge >= 0.3 is 5.97 Å². The van der Waals surface area contributed by atoms with Crippen molar-refractivity contribution in [2.24, 2.45) is 0 Å². The fourth-order valence-electron chi connectivity index (χ4n) is 2.61. The molecule has 0 aliphatic rings. The molecule has 2 rings (SSSR count). The topological polar surface area (TPSA) is 29.5 Å². The smallest absolute Gasteiger partial charge is 0.333 e. The van der Waals surface area contributed by atoms with E-state index in [2.05, 4.69) is 53.4 Å². The molecule has 0 unspecified atom stereocenters. The Labute approximate surface area is 144 Å². The number of hydrogen-bond acceptors (Lipinski definition) is 3. The van der Waals surface area contributed by atoms with Crippen molar-refractivity contribution in [1.82, 2.24) is 4.90 Å². The highest BCUT2D eigenvalue weighted by Crippen LogP contribution is 2.12. The van der Waals surface area contributed by atoms with Crippen LogP contribution in [0.15, 0.2) is 72.3 Å². The van der Waals surface area contributed by atoms with Crippen molar-refractivity contribution in [3.63, 3.8) is 0 Å². The van der Waals surface area contributed by atoms with E-state index in [1.165, 1.54) is 18.2 Å². The number of ether oxygens (including phenoxy) is 1. The maximum Gasteiger partial charge on any atom is 0.333 e. The van der Waals surface area contributed by atoms with Crippen molar-refractivity contribution in [3.8, 4) is 0 Å². The minimum absolute atomic E-state index is 0.239. The zero-order valence-electron chi connectivity index (χ0n) is 14.4. The van der Waals surface area contributed by atoms with Crippen LogP contribution in [0.4, 0.5) is 0 Å². The fraction of sp³-hybridized carbons (Fsp3) is 0.286. The lowest BCUT2D eigenvalue weighted by atomic mass is 10.1. The van der Waals surface area contributed by atoms with Gasteiger partial charge < -0.3 is 4.74 Å². The predicted molar refractivity (Wildman–Crippen MR) is 97.4 cm³/mol. The molecule has 0 amide bonds. The van der Waals surface area contributed by atoms with Gasteiger partial charge in [0.2, 0.25) is 0 Å². The minimum Gasteiger partial charge on any atom is -0.466 e. The van der Waals surface area contributed by atoms with Crippen molar-refractivity contribution in [2.45, 2.75) is 26.4 Å². The average molecular weight is 323 g/mol. The second-order valence-corrected chi connectivity index (χ2v) is 5.72. The van der Waals surface area contributed by atoms with Crippen molar-refractivity contribution < 1.29 is 9.53 Å². The first-order chi connectivity index (χ1) is 11.7. The molecule has 24 heavy (non-hydrogen) atoms. The summed E-state index contributed by atoms with van der Waals surface area (Å²) in [7, 11) is 1.43. The fourth-order valence-corrected chi connectivity index (χ4v) is 2.61. The Hall–Kier alpha value is -2.39. The molecule has 0 saturated carbocycles. The van der Waals surface area contributed by atoms with Crippen LogP contribution >= 0.6 is 0 Å². The number of carbonyl (C=O) groups is 1. The molecule has 0 fully saturated rings. The van der Waals surface area contributed by atoms with Gasteiger partial charge in [-0.25, -0.2) is 4.79 Å². The predicted octanol–water partition coefficient (Wildman–Crippen LogP) is 4.20. The van der Waals surface area contributed by atoms with Crippen LogP contribution in [0, 0.1) is 0 Å². The minimum atomic E-state index is -0.239. The van der Waals surface area contributed by atoms with Crippen LogP contribution in [-0.2, 0) is 22.6 Å². The summed E-state index contributed by atoms with van der Waals surface area (Å²) in [6, 6.07) is 20.8. The number of methoxy groups -OCH3 is 1. The monoisotopic (exact) mass is 323 g/mol. The Bertz CT molecular complexity index is 609. The zero-order chi connectivity index (χ0) is 17.2. The van der Waals surface area contributed by atoms with Crippen LogP contribution in [0.25, 0.3) is 0 Å². The summed E-state index contributed by atoms with van der Waals surface area (Å²) in [5.41, 5.74) is 3.25. The lowest BCUT2D eigenvalue weighted by Crippen LogP contribution is -2.23. The molecule has 0 N–H and O–H groups in total. The van der Waals surface area contributed by atoms with E-state index in [1.54, 1.807) is 0 Å². The molecule has 0 aliphatic carbocycles. The van der Waals surface area contributed by atoms with Gasteiger partial charge in [-0.1, -0.05) is 73.7 Å². The molecule has 0 saturated heterocycles. The second kappa shape index (κ2) is 9.68. The molecule has 2 aromatic rings. The Morgan fingerprint density at radius 2 is 1.46 bits per heavy atom. The normalized spacial score (nSPS) is 11.5. The number of nitrogens with zero attached hydrogens (tertiary/aromatic N) is 1. The number of esters is 1. The van der Waals surface area contributed by atoms with Gasteiger partial charge in [-0.15, -0.1) is 0 Å². The van der Waals surface area contributed by atoms with E-state index in [-0.39, 0.29) is 5.97 Å². The van der Waals surface area contributed by atoms with E-state index >= 15 is 0 Å². The van der Waals surface area contributed by atoms with Crippen molar-refractivity contribution in [1.29, 1.82) is 0 Å². The first-order valence-electron chi connectivity index (χ1n) is 8.30. The molecule has 2 aromatic carbocycles. The number of rotatable bonds is 8. The molecule has 0 atom stereocenters. The lowest BCUT2D eigenvalue weighted by molar-refractivity contribution is -0.136. The van der Waals surface area contributed by atoms with E-state index in [0.29, 0.717) is 13.0 Å². The summed E-state index contributed by atoms with van der Waals surface area (Å²) in [4.78, 5) is 14.1. The third-order valence-electron chi connectivity index (χ3n) is 3.92. The lowest BCUT2D eigenvalue weighted by Gasteiger charge is -2.21. The molecule has 0 heterocycles. The van der Waals surface area contributed by atoms with E-state index in [1.807, 2.05) is 25.1 Å². The highest BCUT2D eigenvalue weighted by Gasteiger charge is 2.10. The van der Waals surface area contributed by atoms with Gasteiger partial charge in [0.05, 0.1) is 7.11 Å². The van der Waals surface area contributed by atoms with Crippen LogP contribution in [0.1, 0.15) is 24.5 Å². The van der Waals surface area contributed by atoms with Crippen LogP contribution in [-0.4, -0.2) is 24.5 Å². The summed E-state index contributed by atoms with van der Waals surface area (Å²) >= 11 is 0. The molecule has 0 radical (unpaired) electrons. The third-order valence-corrected chi connectivity index (χ3v) is 3.92. The largest absolute Gasteiger partial charge is 0.466 e. The van der Waals surface area contributed by atoms with E-state index in [4.69, 9.17) is 4.74 Å². The standard InChI is InChI=1S/C21H25NO2/c1-3-20(21(23)24-2)14-15-22(16-18-10-6-4-7-11-18)17-19-12-8-5-9-13-19/h4-14H,3,15-17H2,1-2H3/b20-14-. The van der Waals surface area contributed by atoms with Crippen LogP contribution in [0.5, 0.6) is 0 Å². The van der Waals surface area contributed by atoms with Gasteiger partial charge in [0.15, 0.2) is 0 Å². The zero-order valence-corrected chi connectivity index (χ0v) is 14.4. The van der Waals surface area contributed by atoms with Crippen LogP contribution < -0.4 is 0 Å². The van der Waals surface area contributed by atoms with Gasteiger partial charge in [-0.2, -0.15) is 0 Å². The molecule has 3 heteroatoms. The SMILES string of the molecule is CC/C(=C/CN(Cc1ccccc1)Cc1ccccc1)C(=O)OC. The van der Waals surface area contributed by atoms with Crippen molar-refractivity contribution in [2.75, 3.05) is 13.7 Å². The number of benzene rings is 2. The quantitative estimate of drug-likeness (QED) is 0.539. The number of carbonyl (C=O) groups excluding carboxylic acids is 1. The summed E-state index contributed by atoms with van der Waals surface area (Å²) in [6.07, 6.45) is 2.66. The molecule has 0 spiro atoms. The Morgan fingerprint density at radius 3 is 1.88 bits per heavy atom. The highest BCUT2D eigenvalue weighted by molar-refractivity contribution is 5.88. The maximum atomic E-state index is 11.8. The maximum absolute atomic E-state index is 11.8. The third kappa shape index (κ3) is 5.67. The Morgan fingerprint density at radius 1 is 0.958 bits per heavy atom. The summed E-state index contributed by atoms with van der Waals surface area (Å²) < 4.78 is 4.85. The summed E-state index contributed by atoms with van der Waals surface area (Å²) in [6.45, 7) is 4.36. The van der Waals surface area contributed by atoms with Crippen LogP contribution in [0.2, 0.25) is 0 Å². The molecule has 0 aromatic heterocycles. The molecule has 126 valence electrons. The molecule has 3 nitrogen and oxygen atoms in total. The van der Waals surface area contributed by atoms with Crippen molar-refractivity contribution in [3.05, 3.63) is 83.4 Å². The van der Waals surface area contributed by atoms with Crippen LogP contribution in [0.3, 0.4) is 0 Å². The van der Waals surface area contributed by atoms with Gasteiger partial charge in [0.25, 0.3) is 0 Å².